The van der Waals surface area contributed by atoms with Crippen LogP contribution in [0.2, 0.25) is 0 Å². The highest BCUT2D eigenvalue weighted by Crippen LogP contribution is 2.16. The fraction of sp³-hybridized carbons (Fsp3) is 0.211. The highest BCUT2D eigenvalue weighted by Gasteiger charge is 2.14. The number of anilines is 1. The molecule has 6 nitrogen and oxygen atoms in total. The van der Waals surface area contributed by atoms with Crippen molar-refractivity contribution in [2.24, 2.45) is 0 Å². The number of nitrogens with zero attached hydrogens (tertiary/aromatic N) is 3. The molecule has 25 heavy (non-hydrogen) atoms. The van der Waals surface area contributed by atoms with Crippen LogP contribution in [0, 0.1) is 0 Å². The molecule has 0 saturated carbocycles. The number of hydrogen-bond donors (Lipinski definition) is 2. The molecule has 1 aromatic heterocycles. The fourth-order valence-corrected chi connectivity index (χ4v) is 2.58. The third kappa shape index (κ3) is 4.67. The average Bonchev–Trinajstić information content (AvgIpc) is 3.14. The van der Waals surface area contributed by atoms with E-state index >= 15 is 0 Å². The van der Waals surface area contributed by atoms with Crippen LogP contribution >= 0.6 is 0 Å². The van der Waals surface area contributed by atoms with Crippen LogP contribution in [0.5, 0.6) is 0 Å². The number of amides is 1. The summed E-state index contributed by atoms with van der Waals surface area (Å²) in [6.45, 7) is 3.19. The van der Waals surface area contributed by atoms with Gasteiger partial charge in [-0.25, -0.2) is 4.98 Å². The molecular weight excluding hydrogens is 314 g/mol. The number of nitrogens with one attached hydrogen (secondary N) is 2. The first-order chi connectivity index (χ1) is 12.2. The maximum Gasteiger partial charge on any atom is 0.253 e. The molecule has 0 aliphatic carbocycles. The Labute approximate surface area is 146 Å². The van der Waals surface area contributed by atoms with Crippen LogP contribution in [0.4, 0.5) is 5.69 Å². The summed E-state index contributed by atoms with van der Waals surface area (Å²) in [6.07, 6.45) is 3.12. The largest absolute Gasteiger partial charge is 0.380 e. The maximum absolute atomic E-state index is 12.6. The predicted octanol–water partition coefficient (Wildman–Crippen LogP) is 2.71. The zero-order valence-corrected chi connectivity index (χ0v) is 14.1. The van der Waals surface area contributed by atoms with Gasteiger partial charge in [0.25, 0.3) is 5.91 Å². The van der Waals surface area contributed by atoms with Gasteiger partial charge in [0, 0.05) is 18.3 Å². The van der Waals surface area contributed by atoms with Crippen LogP contribution in [-0.2, 0) is 13.1 Å². The first-order valence-corrected chi connectivity index (χ1v) is 8.22. The predicted molar refractivity (Wildman–Crippen MR) is 97.2 cm³/mol. The standard InChI is InChI=1S/C19H21N5O/c1-15(12-24-14-20-13-22-24)23-19(25)17-9-5-6-10-18(17)21-11-16-7-3-2-4-8-16/h2-10,13-15,21H,11-12H2,1H3,(H,23,25)/t15-/m0/s1. The number of hydrogen-bond acceptors (Lipinski definition) is 4. The van der Waals surface area contributed by atoms with Crippen molar-refractivity contribution in [1.29, 1.82) is 0 Å². The smallest absolute Gasteiger partial charge is 0.253 e. The lowest BCUT2D eigenvalue weighted by Gasteiger charge is -2.16. The minimum absolute atomic E-state index is 0.0589. The molecule has 3 aromatic rings. The van der Waals surface area contributed by atoms with Gasteiger partial charge < -0.3 is 10.6 Å². The molecule has 128 valence electrons. The van der Waals surface area contributed by atoms with E-state index in [-0.39, 0.29) is 11.9 Å². The van der Waals surface area contributed by atoms with Gasteiger partial charge in [-0.2, -0.15) is 5.10 Å². The molecular formula is C19H21N5O. The van der Waals surface area contributed by atoms with E-state index in [1.54, 1.807) is 11.0 Å². The first kappa shape index (κ1) is 16.7. The summed E-state index contributed by atoms with van der Waals surface area (Å²) in [5.41, 5.74) is 2.61. The topological polar surface area (TPSA) is 71.8 Å². The van der Waals surface area contributed by atoms with Gasteiger partial charge in [-0.3, -0.25) is 9.48 Å². The Kier molecular flexibility index (Phi) is 5.41. The Morgan fingerprint density at radius 1 is 1.12 bits per heavy atom. The van der Waals surface area contributed by atoms with Crippen LogP contribution in [0.1, 0.15) is 22.8 Å². The lowest BCUT2D eigenvalue weighted by Crippen LogP contribution is -2.36. The van der Waals surface area contributed by atoms with E-state index in [9.17, 15) is 4.79 Å². The van der Waals surface area contributed by atoms with E-state index in [1.807, 2.05) is 49.4 Å². The number of para-hydroxylation sites is 1. The molecule has 0 aliphatic heterocycles. The molecule has 1 amide bonds. The van der Waals surface area contributed by atoms with Gasteiger partial charge in [-0.1, -0.05) is 42.5 Å². The Hall–Kier alpha value is -3.15. The number of carbonyl (C=O) groups is 1. The second-order valence-electron chi connectivity index (χ2n) is 5.88. The van der Waals surface area contributed by atoms with Crippen molar-refractivity contribution in [2.75, 3.05) is 5.32 Å². The van der Waals surface area contributed by atoms with Crippen molar-refractivity contribution < 1.29 is 4.79 Å². The van der Waals surface area contributed by atoms with Gasteiger partial charge in [-0.15, -0.1) is 0 Å². The third-order valence-electron chi connectivity index (χ3n) is 3.80. The summed E-state index contributed by atoms with van der Waals surface area (Å²) >= 11 is 0. The van der Waals surface area contributed by atoms with E-state index in [0.717, 1.165) is 11.3 Å². The molecule has 0 radical (unpaired) electrons. The van der Waals surface area contributed by atoms with Crippen LogP contribution in [-0.4, -0.2) is 26.7 Å². The molecule has 2 aromatic carbocycles. The summed E-state index contributed by atoms with van der Waals surface area (Å²) < 4.78 is 1.70. The minimum atomic E-state index is -0.108. The van der Waals surface area contributed by atoms with Gasteiger partial charge in [-0.05, 0) is 24.6 Å². The van der Waals surface area contributed by atoms with E-state index in [4.69, 9.17) is 0 Å². The fourth-order valence-electron chi connectivity index (χ4n) is 2.58. The number of carbonyl (C=O) groups excluding carboxylic acids is 1. The highest BCUT2D eigenvalue weighted by molar-refractivity contribution is 5.99. The Bertz CT molecular complexity index is 802. The van der Waals surface area contributed by atoms with Crippen molar-refractivity contribution in [2.45, 2.75) is 26.1 Å². The average molecular weight is 335 g/mol. The van der Waals surface area contributed by atoms with Crippen molar-refractivity contribution in [3.8, 4) is 0 Å². The third-order valence-corrected chi connectivity index (χ3v) is 3.80. The molecule has 0 saturated heterocycles. The van der Waals surface area contributed by atoms with Crippen LogP contribution in [0.3, 0.4) is 0 Å². The molecule has 0 spiro atoms. The molecule has 2 N–H and O–H groups in total. The summed E-state index contributed by atoms with van der Waals surface area (Å²) in [7, 11) is 0. The molecule has 1 heterocycles. The summed E-state index contributed by atoms with van der Waals surface area (Å²) in [5, 5.41) is 10.4. The molecule has 1 atom stereocenters. The van der Waals surface area contributed by atoms with Crippen molar-refractivity contribution in [1.82, 2.24) is 20.1 Å². The first-order valence-electron chi connectivity index (χ1n) is 8.22. The van der Waals surface area contributed by atoms with Gasteiger partial charge in [0.2, 0.25) is 0 Å². The van der Waals surface area contributed by atoms with Crippen molar-refractivity contribution >= 4 is 11.6 Å². The Balaban J connectivity index is 1.64. The monoisotopic (exact) mass is 335 g/mol. The van der Waals surface area contributed by atoms with Crippen LogP contribution in [0.25, 0.3) is 0 Å². The molecule has 6 heteroatoms. The highest BCUT2D eigenvalue weighted by atomic mass is 16.1. The van der Waals surface area contributed by atoms with E-state index in [1.165, 1.54) is 6.33 Å². The zero-order chi connectivity index (χ0) is 17.5. The molecule has 0 unspecified atom stereocenters. The van der Waals surface area contributed by atoms with E-state index < -0.39 is 0 Å². The second-order valence-corrected chi connectivity index (χ2v) is 5.88. The van der Waals surface area contributed by atoms with Crippen LogP contribution in [0.15, 0.2) is 67.3 Å². The molecule has 0 fully saturated rings. The minimum Gasteiger partial charge on any atom is -0.380 e. The Morgan fingerprint density at radius 3 is 2.64 bits per heavy atom. The van der Waals surface area contributed by atoms with Gasteiger partial charge in [0.15, 0.2) is 0 Å². The maximum atomic E-state index is 12.6. The van der Waals surface area contributed by atoms with E-state index in [0.29, 0.717) is 18.7 Å². The summed E-state index contributed by atoms with van der Waals surface area (Å²) in [4.78, 5) is 16.5. The number of aromatic nitrogens is 3. The quantitative estimate of drug-likeness (QED) is 0.696. The van der Waals surface area contributed by atoms with Crippen molar-refractivity contribution in [3.05, 3.63) is 78.4 Å². The normalized spacial score (nSPS) is 11.7. The summed E-state index contributed by atoms with van der Waals surface area (Å²) in [5.74, 6) is -0.108. The second kappa shape index (κ2) is 8.10. The van der Waals surface area contributed by atoms with Gasteiger partial charge in [0.1, 0.15) is 12.7 Å². The van der Waals surface area contributed by atoms with Gasteiger partial charge in [0.05, 0.1) is 12.1 Å². The SMILES string of the molecule is C[C@@H](Cn1cncn1)NC(=O)c1ccccc1NCc1ccccc1. The molecule has 0 bridgehead atoms. The lowest BCUT2D eigenvalue weighted by atomic mass is 10.1. The summed E-state index contributed by atoms with van der Waals surface area (Å²) in [6, 6.07) is 17.6. The number of rotatable bonds is 7. The van der Waals surface area contributed by atoms with Gasteiger partial charge >= 0.3 is 0 Å². The lowest BCUT2D eigenvalue weighted by molar-refractivity contribution is 0.0937. The van der Waals surface area contributed by atoms with E-state index in [2.05, 4.69) is 32.8 Å². The molecule has 3 rings (SSSR count). The van der Waals surface area contributed by atoms with Crippen molar-refractivity contribution in [3.63, 3.8) is 0 Å². The van der Waals surface area contributed by atoms with Crippen LogP contribution < -0.4 is 10.6 Å². The number of benzene rings is 2. The zero-order valence-electron chi connectivity index (χ0n) is 14.1. The molecule has 0 aliphatic rings. The Morgan fingerprint density at radius 2 is 1.88 bits per heavy atom.